The van der Waals surface area contributed by atoms with Crippen LogP contribution in [-0.4, -0.2) is 72.0 Å². The number of nitrogens with one attached hydrogen (secondary N) is 1. The summed E-state index contributed by atoms with van der Waals surface area (Å²) in [7, 11) is 5.02. The zero-order valence-electron chi connectivity index (χ0n) is 15.2. The fourth-order valence-electron chi connectivity index (χ4n) is 3.17. The van der Waals surface area contributed by atoms with Gasteiger partial charge in [0.1, 0.15) is 11.3 Å². The molecule has 1 N–H and O–H groups in total. The number of halogens is 1. The highest BCUT2D eigenvalue weighted by atomic mass is 19.1. The van der Waals surface area contributed by atoms with Crippen LogP contribution in [0, 0.1) is 11.7 Å². The van der Waals surface area contributed by atoms with E-state index in [-0.39, 0.29) is 29.4 Å². The second-order valence-corrected chi connectivity index (χ2v) is 6.76. The van der Waals surface area contributed by atoms with Crippen molar-refractivity contribution in [2.75, 3.05) is 34.3 Å². The zero-order chi connectivity index (χ0) is 18.8. The number of fused-ring (bicyclic) bond motifs is 1. The van der Waals surface area contributed by atoms with Gasteiger partial charge in [-0.25, -0.2) is 9.37 Å². The number of imidazole rings is 1. The number of likely N-dealkylation sites (N-methyl/N-ethyl adjacent to an activating group) is 2. The molecule has 8 heteroatoms. The van der Waals surface area contributed by atoms with E-state index < -0.39 is 5.82 Å². The summed E-state index contributed by atoms with van der Waals surface area (Å²) < 4.78 is 18.9. The van der Waals surface area contributed by atoms with E-state index in [0.29, 0.717) is 24.1 Å². The van der Waals surface area contributed by atoms with E-state index in [1.807, 2.05) is 0 Å². The first kappa shape index (κ1) is 18.3. The number of ether oxygens (including phenoxy) is 1. The number of hydrogen-bond acceptors (Lipinski definition) is 4. The molecule has 2 aromatic rings. The molecule has 1 fully saturated rings. The van der Waals surface area contributed by atoms with E-state index in [2.05, 4.69) is 9.97 Å². The van der Waals surface area contributed by atoms with Crippen molar-refractivity contribution in [1.82, 2.24) is 19.8 Å². The molecule has 0 radical (unpaired) electrons. The first-order valence-electron chi connectivity index (χ1n) is 8.56. The third-order valence-corrected chi connectivity index (χ3v) is 4.99. The van der Waals surface area contributed by atoms with Crippen LogP contribution < -0.4 is 0 Å². The second kappa shape index (κ2) is 7.41. The Morgan fingerprint density at radius 3 is 2.65 bits per heavy atom. The van der Waals surface area contributed by atoms with Gasteiger partial charge in [-0.2, -0.15) is 0 Å². The number of aromatic nitrogens is 2. The van der Waals surface area contributed by atoms with Crippen molar-refractivity contribution in [3.05, 3.63) is 29.8 Å². The number of hydrogen-bond donors (Lipinski definition) is 1. The fraction of sp³-hybridized carbons (Fsp3) is 0.500. The van der Waals surface area contributed by atoms with Gasteiger partial charge in [-0.15, -0.1) is 0 Å². The first-order chi connectivity index (χ1) is 12.4. The van der Waals surface area contributed by atoms with E-state index in [9.17, 15) is 14.0 Å². The molecule has 3 rings (SSSR count). The topological polar surface area (TPSA) is 78.5 Å². The lowest BCUT2D eigenvalue weighted by atomic mass is 9.81. The van der Waals surface area contributed by atoms with Crippen LogP contribution in [0.5, 0.6) is 0 Å². The molecule has 2 amide bonds. The maximum Gasteiger partial charge on any atom is 0.256 e. The Balaban J connectivity index is 1.59. The van der Waals surface area contributed by atoms with Gasteiger partial charge in [0.2, 0.25) is 5.91 Å². The lowest BCUT2D eigenvalue weighted by Gasteiger charge is -2.35. The molecule has 0 bridgehead atoms. The molecule has 1 saturated carbocycles. The maximum atomic E-state index is 13.7. The molecule has 26 heavy (non-hydrogen) atoms. The van der Waals surface area contributed by atoms with Crippen LogP contribution in [0.4, 0.5) is 4.39 Å². The van der Waals surface area contributed by atoms with Crippen LogP contribution in [0.3, 0.4) is 0 Å². The monoisotopic (exact) mass is 362 g/mol. The van der Waals surface area contributed by atoms with E-state index in [1.54, 1.807) is 26.1 Å². The van der Waals surface area contributed by atoms with Crippen molar-refractivity contribution in [1.29, 1.82) is 0 Å². The summed E-state index contributed by atoms with van der Waals surface area (Å²) in [5.74, 6) is -0.758. The predicted molar refractivity (Wildman–Crippen MR) is 94.2 cm³/mol. The van der Waals surface area contributed by atoms with Gasteiger partial charge in [-0.05, 0) is 25.0 Å². The maximum absolute atomic E-state index is 13.7. The zero-order valence-corrected chi connectivity index (χ0v) is 15.2. The van der Waals surface area contributed by atoms with Gasteiger partial charge < -0.3 is 19.5 Å². The largest absolute Gasteiger partial charge is 0.381 e. The smallest absolute Gasteiger partial charge is 0.256 e. The molecule has 0 aliphatic heterocycles. The number of benzene rings is 1. The van der Waals surface area contributed by atoms with Crippen LogP contribution in [0.1, 0.15) is 23.2 Å². The van der Waals surface area contributed by atoms with Crippen molar-refractivity contribution >= 4 is 22.8 Å². The summed E-state index contributed by atoms with van der Waals surface area (Å²) in [6.45, 7) is 0.762. The third kappa shape index (κ3) is 3.55. The van der Waals surface area contributed by atoms with Crippen LogP contribution in [-0.2, 0) is 9.53 Å². The summed E-state index contributed by atoms with van der Waals surface area (Å²) in [6, 6.07) is 2.49. The minimum atomic E-state index is -0.497. The molecular formula is C18H23FN4O3. The summed E-state index contributed by atoms with van der Waals surface area (Å²) in [4.78, 5) is 35.0. The van der Waals surface area contributed by atoms with Crippen molar-refractivity contribution < 1.29 is 18.7 Å². The van der Waals surface area contributed by atoms with Crippen LogP contribution >= 0.6 is 0 Å². The fourth-order valence-corrected chi connectivity index (χ4v) is 3.17. The Kier molecular flexibility index (Phi) is 5.22. The molecule has 1 heterocycles. The number of carbonyl (C=O) groups excluding carboxylic acids is 2. The second-order valence-electron chi connectivity index (χ2n) is 6.76. The summed E-state index contributed by atoms with van der Waals surface area (Å²) in [6.07, 6.45) is 3.09. The molecule has 0 spiro atoms. The van der Waals surface area contributed by atoms with Crippen LogP contribution in [0.25, 0.3) is 11.0 Å². The molecule has 1 aromatic carbocycles. The van der Waals surface area contributed by atoms with Gasteiger partial charge in [-0.3, -0.25) is 9.59 Å². The molecular weight excluding hydrogens is 339 g/mol. The van der Waals surface area contributed by atoms with Gasteiger partial charge in [0.15, 0.2) is 0 Å². The molecule has 1 aromatic heterocycles. The molecule has 1 aliphatic carbocycles. The summed E-state index contributed by atoms with van der Waals surface area (Å²) in [5.41, 5.74) is 1.12. The quantitative estimate of drug-likeness (QED) is 0.848. The number of amides is 2. The van der Waals surface area contributed by atoms with Gasteiger partial charge in [0.25, 0.3) is 5.91 Å². The van der Waals surface area contributed by atoms with E-state index in [4.69, 9.17) is 4.74 Å². The average Bonchev–Trinajstić information content (AvgIpc) is 3.05. The Bertz CT molecular complexity index is 816. The van der Waals surface area contributed by atoms with Crippen molar-refractivity contribution in [3.8, 4) is 0 Å². The van der Waals surface area contributed by atoms with E-state index in [0.717, 1.165) is 12.8 Å². The van der Waals surface area contributed by atoms with Crippen molar-refractivity contribution in [2.45, 2.75) is 18.9 Å². The SMILES string of the molecule is COC1CC(C(=O)N(C)CCN(C)C(=O)c2cc(F)cc3[nH]cnc23)C1. The Hall–Kier alpha value is -2.48. The summed E-state index contributed by atoms with van der Waals surface area (Å²) in [5, 5.41) is 0. The number of H-pyrrole nitrogens is 1. The molecule has 140 valence electrons. The van der Waals surface area contributed by atoms with Gasteiger partial charge in [0, 0.05) is 40.2 Å². The van der Waals surface area contributed by atoms with Gasteiger partial charge in [0.05, 0.1) is 23.5 Å². The molecule has 7 nitrogen and oxygen atoms in total. The molecule has 0 saturated heterocycles. The van der Waals surface area contributed by atoms with Gasteiger partial charge in [-0.1, -0.05) is 0 Å². The average molecular weight is 362 g/mol. The van der Waals surface area contributed by atoms with Crippen molar-refractivity contribution in [3.63, 3.8) is 0 Å². The number of methoxy groups -OCH3 is 1. The minimum Gasteiger partial charge on any atom is -0.381 e. The number of carbonyl (C=O) groups is 2. The van der Waals surface area contributed by atoms with E-state index in [1.165, 1.54) is 23.4 Å². The Morgan fingerprint density at radius 1 is 1.27 bits per heavy atom. The third-order valence-electron chi connectivity index (χ3n) is 4.99. The summed E-state index contributed by atoms with van der Waals surface area (Å²) >= 11 is 0. The predicted octanol–water partition coefficient (Wildman–Crippen LogP) is 1.66. The standard InChI is InChI=1S/C18H23FN4O3/c1-22(17(24)11-6-13(7-11)26-3)4-5-23(2)18(25)14-8-12(19)9-15-16(14)21-10-20-15/h8-11,13H,4-7H2,1-3H3,(H,20,21). The normalized spacial score (nSPS) is 19.2. The lowest BCUT2D eigenvalue weighted by molar-refractivity contribution is -0.142. The Morgan fingerprint density at radius 2 is 1.96 bits per heavy atom. The van der Waals surface area contributed by atoms with Crippen LogP contribution in [0.15, 0.2) is 18.5 Å². The molecule has 1 aliphatic rings. The Labute approximate surface area is 151 Å². The van der Waals surface area contributed by atoms with Gasteiger partial charge >= 0.3 is 0 Å². The lowest BCUT2D eigenvalue weighted by Crippen LogP contribution is -2.45. The molecule has 0 atom stereocenters. The number of rotatable bonds is 6. The number of nitrogens with zero attached hydrogens (tertiary/aromatic N) is 3. The minimum absolute atomic E-state index is 0.00198. The highest BCUT2D eigenvalue weighted by Gasteiger charge is 2.36. The highest BCUT2D eigenvalue weighted by molar-refractivity contribution is 6.04. The van der Waals surface area contributed by atoms with Crippen molar-refractivity contribution in [2.24, 2.45) is 5.92 Å². The number of aromatic amines is 1. The van der Waals surface area contributed by atoms with Crippen LogP contribution in [0.2, 0.25) is 0 Å². The molecule has 0 unspecified atom stereocenters. The van der Waals surface area contributed by atoms with E-state index >= 15 is 0 Å². The highest BCUT2D eigenvalue weighted by Crippen LogP contribution is 2.30. The first-order valence-corrected chi connectivity index (χ1v) is 8.56.